The van der Waals surface area contributed by atoms with Crippen LogP contribution in [0.4, 0.5) is 22.0 Å². The summed E-state index contributed by atoms with van der Waals surface area (Å²) in [4.78, 5) is 19.2. The molecule has 1 amide bonds. The Morgan fingerprint density at radius 2 is 2.03 bits per heavy atom. The molecule has 0 saturated heterocycles. The van der Waals surface area contributed by atoms with Crippen molar-refractivity contribution in [1.82, 2.24) is 15.3 Å². The van der Waals surface area contributed by atoms with Crippen molar-refractivity contribution in [3.8, 4) is 0 Å². The third kappa shape index (κ3) is 5.70. The van der Waals surface area contributed by atoms with Crippen LogP contribution in [0.25, 0.3) is 11.0 Å². The Balaban J connectivity index is 1.55. The number of hydrogen-bond donors (Lipinski definition) is 3. The van der Waals surface area contributed by atoms with Gasteiger partial charge < -0.3 is 20.8 Å². The number of imidazole rings is 1. The molecule has 0 aliphatic heterocycles. The zero-order chi connectivity index (χ0) is 23.0. The van der Waals surface area contributed by atoms with E-state index < -0.39 is 23.7 Å². The minimum absolute atomic E-state index is 0.0647. The summed E-state index contributed by atoms with van der Waals surface area (Å²) in [5.74, 6) is -2.96. The van der Waals surface area contributed by atoms with Crippen LogP contribution in [-0.4, -0.2) is 40.2 Å². The van der Waals surface area contributed by atoms with E-state index in [-0.39, 0.29) is 50.1 Å². The number of carbonyl (C=O) groups is 1. The average Bonchev–Trinajstić information content (AvgIpc) is 3.05. The van der Waals surface area contributed by atoms with E-state index in [1.54, 1.807) is 18.2 Å². The van der Waals surface area contributed by atoms with Gasteiger partial charge in [0, 0.05) is 25.8 Å². The molecular formula is C20H25F5N4O2. The van der Waals surface area contributed by atoms with Crippen LogP contribution < -0.4 is 11.1 Å². The summed E-state index contributed by atoms with van der Waals surface area (Å²) in [6, 6.07) is 4.27. The fourth-order valence-corrected chi connectivity index (χ4v) is 3.29. The summed E-state index contributed by atoms with van der Waals surface area (Å²) in [5.41, 5.74) is 5.51. The molecule has 6 nitrogen and oxygen atoms in total. The van der Waals surface area contributed by atoms with Crippen molar-refractivity contribution >= 4 is 16.9 Å². The first kappa shape index (κ1) is 23.4. The summed E-state index contributed by atoms with van der Waals surface area (Å²) in [5, 5.41) is 2.70. The van der Waals surface area contributed by atoms with Gasteiger partial charge in [0.2, 0.25) is 11.8 Å². The number of rotatable bonds is 8. The van der Waals surface area contributed by atoms with E-state index >= 15 is 0 Å². The Hall–Kier alpha value is -2.27. The summed E-state index contributed by atoms with van der Waals surface area (Å²) >= 11 is 0. The maximum Gasteiger partial charge on any atom is 0.416 e. The molecule has 31 heavy (non-hydrogen) atoms. The molecule has 1 fully saturated rings. The number of aromatic nitrogens is 2. The van der Waals surface area contributed by atoms with E-state index in [9.17, 15) is 26.7 Å². The van der Waals surface area contributed by atoms with Crippen molar-refractivity contribution in [3.05, 3.63) is 29.6 Å². The number of amides is 1. The number of halogens is 5. The molecule has 0 radical (unpaired) electrons. The number of hydrogen-bond acceptors (Lipinski definition) is 4. The number of alkyl halides is 5. The number of fused-ring (bicyclic) bond motifs is 1. The van der Waals surface area contributed by atoms with Crippen LogP contribution in [-0.2, 0) is 16.1 Å². The third-order valence-corrected chi connectivity index (χ3v) is 5.36. The second kappa shape index (κ2) is 8.34. The molecule has 3 rings (SSSR count). The van der Waals surface area contributed by atoms with E-state index in [4.69, 9.17) is 10.5 Å². The largest absolute Gasteiger partial charge is 0.416 e. The zero-order valence-electron chi connectivity index (χ0n) is 17.2. The van der Waals surface area contributed by atoms with Crippen molar-refractivity contribution in [3.63, 3.8) is 0 Å². The van der Waals surface area contributed by atoms with Crippen molar-refractivity contribution in [2.75, 3.05) is 6.61 Å². The highest BCUT2D eigenvalue weighted by molar-refractivity contribution is 5.78. The van der Waals surface area contributed by atoms with Gasteiger partial charge in [0.05, 0.1) is 23.7 Å². The van der Waals surface area contributed by atoms with Crippen LogP contribution in [0.15, 0.2) is 18.2 Å². The van der Waals surface area contributed by atoms with Crippen molar-refractivity contribution in [2.45, 2.75) is 63.4 Å². The molecule has 11 heteroatoms. The van der Waals surface area contributed by atoms with Crippen LogP contribution in [0.3, 0.4) is 0 Å². The highest BCUT2D eigenvalue weighted by Crippen LogP contribution is 2.43. The molecule has 1 unspecified atom stereocenters. The standard InChI is InChI=1S/C20H25F5N4O2/c1-18(2,20(23,24)25)31-10-13(26)17-28-14-4-3-11(5-15(14)29-17)9-27-16(30)6-12-7-19(21,22)8-12/h3-5,12-13H,6-10,26H2,1-2H3,(H,27,30)(H,28,29). The molecule has 172 valence electrons. The lowest BCUT2D eigenvalue weighted by Crippen LogP contribution is -2.43. The molecule has 0 spiro atoms. The molecule has 1 heterocycles. The summed E-state index contributed by atoms with van der Waals surface area (Å²) in [7, 11) is 0. The maximum absolute atomic E-state index is 12.9. The second-order valence-corrected chi connectivity index (χ2v) is 8.51. The van der Waals surface area contributed by atoms with E-state index in [1.807, 2.05) is 0 Å². The Bertz CT molecular complexity index is 933. The quantitative estimate of drug-likeness (QED) is 0.533. The molecule has 1 aromatic carbocycles. The molecule has 1 aliphatic rings. The van der Waals surface area contributed by atoms with Gasteiger partial charge in [0.15, 0.2) is 5.60 Å². The summed E-state index contributed by atoms with van der Waals surface area (Å²) in [6.45, 7) is 1.68. The summed E-state index contributed by atoms with van der Waals surface area (Å²) in [6.07, 6.45) is -4.98. The van der Waals surface area contributed by atoms with Crippen molar-refractivity contribution in [1.29, 1.82) is 0 Å². The lowest BCUT2D eigenvalue weighted by Gasteiger charge is -2.34. The van der Waals surface area contributed by atoms with Gasteiger partial charge in [-0.2, -0.15) is 13.2 Å². The first-order chi connectivity index (χ1) is 14.3. The van der Waals surface area contributed by atoms with Gasteiger partial charge in [0.25, 0.3) is 0 Å². The predicted octanol–water partition coefficient (Wildman–Crippen LogP) is 3.97. The second-order valence-electron chi connectivity index (χ2n) is 8.51. The van der Waals surface area contributed by atoms with Gasteiger partial charge in [-0.05, 0) is 37.5 Å². The predicted molar refractivity (Wildman–Crippen MR) is 103 cm³/mol. The van der Waals surface area contributed by atoms with E-state index in [2.05, 4.69) is 15.3 Å². The number of benzene rings is 1. The number of H-pyrrole nitrogens is 1. The van der Waals surface area contributed by atoms with Crippen LogP contribution in [0.1, 0.15) is 50.5 Å². The number of nitrogens with one attached hydrogen (secondary N) is 2. The van der Waals surface area contributed by atoms with E-state index in [0.29, 0.717) is 11.0 Å². The van der Waals surface area contributed by atoms with Crippen LogP contribution in [0, 0.1) is 5.92 Å². The number of nitrogens with zero attached hydrogens (tertiary/aromatic N) is 1. The fourth-order valence-electron chi connectivity index (χ4n) is 3.29. The smallest absolute Gasteiger partial charge is 0.364 e. The van der Waals surface area contributed by atoms with Crippen molar-refractivity contribution in [2.24, 2.45) is 11.7 Å². The average molecular weight is 448 g/mol. The monoisotopic (exact) mass is 448 g/mol. The lowest BCUT2D eigenvalue weighted by molar-refractivity contribution is -0.264. The molecule has 1 aromatic heterocycles. The molecule has 0 bridgehead atoms. The van der Waals surface area contributed by atoms with E-state index in [1.165, 1.54) is 0 Å². The highest BCUT2D eigenvalue weighted by Gasteiger charge is 2.48. The Labute approximate surface area is 175 Å². The van der Waals surface area contributed by atoms with Gasteiger partial charge in [-0.25, -0.2) is 13.8 Å². The topological polar surface area (TPSA) is 93.0 Å². The molecule has 1 saturated carbocycles. The van der Waals surface area contributed by atoms with Gasteiger partial charge in [0.1, 0.15) is 5.82 Å². The van der Waals surface area contributed by atoms with Gasteiger partial charge in [-0.1, -0.05) is 6.07 Å². The van der Waals surface area contributed by atoms with Crippen LogP contribution in [0.2, 0.25) is 0 Å². The molecule has 1 aliphatic carbocycles. The minimum atomic E-state index is -4.53. The zero-order valence-corrected chi connectivity index (χ0v) is 17.2. The molecule has 4 N–H and O–H groups in total. The molecular weight excluding hydrogens is 423 g/mol. The first-order valence-corrected chi connectivity index (χ1v) is 9.85. The first-order valence-electron chi connectivity index (χ1n) is 9.85. The van der Waals surface area contributed by atoms with Gasteiger partial charge >= 0.3 is 6.18 Å². The Morgan fingerprint density at radius 1 is 1.35 bits per heavy atom. The number of ether oxygens (including phenoxy) is 1. The third-order valence-electron chi connectivity index (χ3n) is 5.36. The van der Waals surface area contributed by atoms with Gasteiger partial charge in [-0.15, -0.1) is 0 Å². The number of nitrogens with two attached hydrogens (primary N) is 1. The molecule has 2 aromatic rings. The SMILES string of the molecule is CC(C)(OCC(N)c1nc2ccc(CNC(=O)CC3CC(F)(F)C3)cc2[nH]1)C(F)(F)F. The maximum atomic E-state index is 12.9. The number of carbonyl (C=O) groups excluding carboxylic acids is 1. The summed E-state index contributed by atoms with van der Waals surface area (Å²) < 4.78 is 69.4. The normalized spacial score (nSPS) is 18.1. The van der Waals surface area contributed by atoms with Gasteiger partial charge in [-0.3, -0.25) is 4.79 Å². The lowest BCUT2D eigenvalue weighted by atomic mass is 9.79. The Kier molecular flexibility index (Phi) is 6.30. The number of aromatic amines is 1. The fraction of sp³-hybridized carbons (Fsp3) is 0.600. The van der Waals surface area contributed by atoms with E-state index in [0.717, 1.165) is 19.4 Å². The highest BCUT2D eigenvalue weighted by atomic mass is 19.4. The minimum Gasteiger partial charge on any atom is -0.364 e. The van der Waals surface area contributed by atoms with Crippen LogP contribution >= 0.6 is 0 Å². The molecule has 1 atom stereocenters. The van der Waals surface area contributed by atoms with Crippen molar-refractivity contribution < 1.29 is 31.5 Å². The Morgan fingerprint density at radius 3 is 2.65 bits per heavy atom. The van der Waals surface area contributed by atoms with Crippen LogP contribution in [0.5, 0.6) is 0 Å².